The van der Waals surface area contributed by atoms with Crippen molar-refractivity contribution < 1.29 is 13.7 Å². The summed E-state index contributed by atoms with van der Waals surface area (Å²) in [6, 6.07) is 31.2. The molecule has 0 spiro atoms. The molecule has 0 aliphatic carbocycles. The first-order valence-corrected chi connectivity index (χ1v) is 16.7. The molecule has 0 aliphatic rings. The molecule has 0 unspecified atom stereocenters. The summed E-state index contributed by atoms with van der Waals surface area (Å²) < 4.78 is 90.5. The molecule has 3 aromatic heterocycles. The van der Waals surface area contributed by atoms with Gasteiger partial charge < -0.3 is 0 Å². The highest BCUT2D eigenvalue weighted by Crippen LogP contribution is 2.42. The van der Waals surface area contributed by atoms with Gasteiger partial charge in [0.2, 0.25) is 5.95 Å². The highest BCUT2D eigenvalue weighted by atomic mass is 32.1. The molecule has 0 amide bonds. The summed E-state index contributed by atoms with van der Waals surface area (Å²) in [4.78, 5) is 14.8. The zero-order chi connectivity index (χ0) is 41.7. The van der Waals surface area contributed by atoms with E-state index in [1.54, 1.807) is 0 Å². The minimum absolute atomic E-state index is 0.0146. The van der Waals surface area contributed by atoms with Crippen LogP contribution in [0.25, 0.3) is 93.0 Å². The summed E-state index contributed by atoms with van der Waals surface area (Å²) in [5.74, 6) is 0.498. The number of hydrogen-bond acceptors (Lipinski definition) is 4. The smallest absolute Gasteiger partial charge is 0.238 e. The summed E-state index contributed by atoms with van der Waals surface area (Å²) in [7, 11) is 0. The number of nitrogens with zero attached hydrogens (tertiary/aromatic N) is 4. The fraction of sp³-hybridized carbons (Fsp3) is 0. The van der Waals surface area contributed by atoms with Crippen LogP contribution in [0.5, 0.6) is 0 Å². The Morgan fingerprint density at radius 3 is 1.60 bits per heavy atom. The Hall–Kier alpha value is -6.43. The van der Waals surface area contributed by atoms with Crippen LogP contribution >= 0.6 is 11.3 Å². The topological polar surface area (TPSA) is 43.6 Å². The molecule has 0 bridgehead atoms. The van der Waals surface area contributed by atoms with E-state index < -0.39 is 36.3 Å². The van der Waals surface area contributed by atoms with Gasteiger partial charge in [-0.05, 0) is 34.3 Å². The number of thiophene rings is 1. The molecule has 10 rings (SSSR count). The SMILES string of the molecule is [2H]c1c([2H])c([2H])c2c(sc3c2c([2H])c([2H])c2c4c([2H])c([2H])c([2H])c([2H])c4n(-c4nc(-c5ccccc5)nc(-c5ccc(-c6ccc(-c7ccccc7)cc6)cc5)n4)c32)c1[2H]. The third kappa shape index (κ3) is 4.71. The lowest BCUT2D eigenvalue weighted by molar-refractivity contribution is 0.955. The second kappa shape index (κ2) is 11.6. The van der Waals surface area contributed by atoms with E-state index in [1.165, 1.54) is 4.57 Å². The summed E-state index contributed by atoms with van der Waals surface area (Å²) in [5, 5.41) is 0.207. The molecule has 0 atom stereocenters. The lowest BCUT2D eigenvalue weighted by Gasteiger charge is -2.11. The highest BCUT2D eigenvalue weighted by Gasteiger charge is 2.21. The van der Waals surface area contributed by atoms with Crippen LogP contribution in [0.4, 0.5) is 0 Å². The van der Waals surface area contributed by atoms with Crippen LogP contribution in [0.2, 0.25) is 0 Å². The summed E-state index contributed by atoms with van der Waals surface area (Å²) in [6.45, 7) is 0. The molecule has 234 valence electrons. The van der Waals surface area contributed by atoms with Crippen molar-refractivity contribution in [1.82, 2.24) is 19.5 Å². The van der Waals surface area contributed by atoms with Crippen molar-refractivity contribution in [3.8, 4) is 51.0 Å². The lowest BCUT2D eigenvalue weighted by Crippen LogP contribution is -2.06. The second-order valence-corrected chi connectivity index (χ2v) is 12.7. The van der Waals surface area contributed by atoms with Gasteiger partial charge in [-0.2, -0.15) is 9.97 Å². The molecule has 10 aromatic rings. The quantitative estimate of drug-likeness (QED) is 0.184. The van der Waals surface area contributed by atoms with E-state index in [9.17, 15) is 4.11 Å². The number of rotatable bonds is 5. The van der Waals surface area contributed by atoms with Gasteiger partial charge in [-0.25, -0.2) is 4.98 Å². The standard InChI is InChI=1S/C45H28N4S/c1-3-11-29(12-4-1)30-19-21-31(22-20-30)32-23-25-34(26-24-32)44-46-43(33-13-5-2-6-14-33)47-45(48-44)49-39-17-9-7-15-35(39)37-27-28-38-36-16-8-10-18-40(36)50-42(38)41(37)49/h1-28H/i7D,8D,9D,10D,15D,16D,17D,18D,27D,28D. The molecule has 0 radical (unpaired) electrons. The number of aromatic nitrogens is 4. The van der Waals surface area contributed by atoms with Crippen LogP contribution in [0, 0.1) is 0 Å². The van der Waals surface area contributed by atoms with Gasteiger partial charge in [-0.1, -0.05) is 158 Å². The van der Waals surface area contributed by atoms with E-state index in [0.29, 0.717) is 11.1 Å². The zero-order valence-corrected chi connectivity index (χ0v) is 26.9. The third-order valence-electron chi connectivity index (χ3n) is 8.79. The number of benzene rings is 7. The molecule has 4 nitrogen and oxygen atoms in total. The zero-order valence-electron chi connectivity index (χ0n) is 36.1. The van der Waals surface area contributed by atoms with Gasteiger partial charge in [-0.3, -0.25) is 4.57 Å². The molecule has 5 heteroatoms. The predicted octanol–water partition coefficient (Wildman–Crippen LogP) is 12.0. The lowest BCUT2D eigenvalue weighted by atomic mass is 9.99. The molecule has 0 saturated carbocycles. The van der Waals surface area contributed by atoms with Crippen LogP contribution in [0.3, 0.4) is 0 Å². The van der Waals surface area contributed by atoms with E-state index in [1.807, 2.05) is 72.8 Å². The van der Waals surface area contributed by atoms with Crippen molar-refractivity contribution in [2.45, 2.75) is 0 Å². The van der Waals surface area contributed by atoms with Gasteiger partial charge in [-0.15, -0.1) is 11.3 Å². The van der Waals surface area contributed by atoms with Gasteiger partial charge in [0.05, 0.1) is 29.4 Å². The number of fused-ring (bicyclic) bond motifs is 7. The van der Waals surface area contributed by atoms with E-state index in [2.05, 4.69) is 36.4 Å². The van der Waals surface area contributed by atoms with Crippen molar-refractivity contribution in [2.75, 3.05) is 0 Å². The average molecular weight is 667 g/mol. The molecular weight excluding hydrogens is 629 g/mol. The van der Waals surface area contributed by atoms with E-state index in [4.69, 9.17) is 24.5 Å². The maximum absolute atomic E-state index is 9.36. The molecule has 0 saturated heterocycles. The Bertz CT molecular complexity index is 3410. The van der Waals surface area contributed by atoms with Crippen LogP contribution in [0.15, 0.2) is 170 Å². The van der Waals surface area contributed by atoms with Crippen LogP contribution < -0.4 is 0 Å². The summed E-state index contributed by atoms with van der Waals surface area (Å²) in [6.07, 6.45) is 0. The Balaban J connectivity index is 1.26. The number of hydrogen-bond donors (Lipinski definition) is 0. The van der Waals surface area contributed by atoms with Crippen LogP contribution in [0.1, 0.15) is 13.7 Å². The number of para-hydroxylation sites is 1. The van der Waals surface area contributed by atoms with E-state index in [-0.39, 0.29) is 83.7 Å². The van der Waals surface area contributed by atoms with Crippen molar-refractivity contribution in [2.24, 2.45) is 0 Å². The second-order valence-electron chi connectivity index (χ2n) is 11.7. The van der Waals surface area contributed by atoms with Crippen molar-refractivity contribution >= 4 is 53.3 Å². The minimum atomic E-state index is -0.524. The van der Waals surface area contributed by atoms with Crippen molar-refractivity contribution in [1.29, 1.82) is 0 Å². The first-order chi connectivity index (χ1) is 28.9. The Morgan fingerprint density at radius 2 is 0.940 bits per heavy atom. The predicted molar refractivity (Wildman–Crippen MR) is 209 cm³/mol. The first-order valence-electron chi connectivity index (χ1n) is 20.9. The van der Waals surface area contributed by atoms with Crippen molar-refractivity contribution in [3.63, 3.8) is 0 Å². The van der Waals surface area contributed by atoms with Gasteiger partial charge in [0.15, 0.2) is 11.6 Å². The van der Waals surface area contributed by atoms with Crippen molar-refractivity contribution in [3.05, 3.63) is 170 Å². The summed E-state index contributed by atoms with van der Waals surface area (Å²) >= 11 is 1.000. The molecule has 0 aliphatic heterocycles. The Kier molecular flexibility index (Phi) is 4.69. The molecule has 50 heavy (non-hydrogen) atoms. The van der Waals surface area contributed by atoms with Crippen LogP contribution in [-0.2, 0) is 0 Å². The Morgan fingerprint density at radius 1 is 0.440 bits per heavy atom. The fourth-order valence-electron chi connectivity index (χ4n) is 6.37. The molecular formula is C45H28N4S. The fourth-order valence-corrected chi connectivity index (χ4v) is 7.48. The van der Waals surface area contributed by atoms with Gasteiger partial charge in [0.1, 0.15) is 0 Å². The molecule has 0 fully saturated rings. The normalized spacial score (nSPS) is 14.4. The minimum Gasteiger partial charge on any atom is -0.276 e. The Labute approximate surface area is 306 Å². The molecule has 0 N–H and O–H groups in total. The monoisotopic (exact) mass is 666 g/mol. The van der Waals surface area contributed by atoms with Gasteiger partial charge in [0.25, 0.3) is 0 Å². The molecule has 3 heterocycles. The van der Waals surface area contributed by atoms with E-state index >= 15 is 0 Å². The van der Waals surface area contributed by atoms with Gasteiger partial charge >= 0.3 is 0 Å². The van der Waals surface area contributed by atoms with E-state index in [0.717, 1.165) is 33.6 Å². The largest absolute Gasteiger partial charge is 0.276 e. The summed E-state index contributed by atoms with van der Waals surface area (Å²) in [5.41, 5.74) is 5.62. The molecule has 7 aromatic carbocycles. The van der Waals surface area contributed by atoms with Gasteiger partial charge in [0, 0.05) is 37.4 Å². The van der Waals surface area contributed by atoms with Crippen LogP contribution in [-0.4, -0.2) is 19.5 Å². The first kappa shape index (κ1) is 20.2. The highest BCUT2D eigenvalue weighted by molar-refractivity contribution is 7.26. The third-order valence-corrected chi connectivity index (χ3v) is 9.90. The maximum Gasteiger partial charge on any atom is 0.238 e. The average Bonchev–Trinajstić information content (AvgIpc) is 3.87. The maximum atomic E-state index is 9.36.